The summed E-state index contributed by atoms with van der Waals surface area (Å²) in [6.45, 7) is 0. The topological polar surface area (TPSA) is 23.8 Å². The van der Waals surface area contributed by atoms with E-state index in [9.17, 15) is 4.39 Å². The molecule has 1 aliphatic rings. The van der Waals surface area contributed by atoms with Gasteiger partial charge < -0.3 is 0 Å². The summed E-state index contributed by atoms with van der Waals surface area (Å²) in [5.74, 6) is 1.39. The van der Waals surface area contributed by atoms with Crippen LogP contribution in [0.4, 0.5) is 4.39 Å². The fraction of sp³-hybridized carbons (Fsp3) is 0.471. The Kier molecular flexibility index (Phi) is 5.15. The minimum absolute atomic E-state index is 0.640. The second-order valence-corrected chi connectivity index (χ2v) is 5.39. The van der Waals surface area contributed by atoms with Crippen molar-refractivity contribution in [2.24, 2.45) is 5.92 Å². The first kappa shape index (κ1) is 13.8. The Bertz CT molecular complexity index is 447. The van der Waals surface area contributed by atoms with Crippen LogP contribution in [-0.2, 0) is 0 Å². The lowest BCUT2D eigenvalue weighted by molar-refractivity contribution is 0.311. The molecule has 0 amide bonds. The minimum Gasteiger partial charge on any atom is -0.216 e. The molecule has 2 rings (SSSR count). The maximum absolute atomic E-state index is 11.9. The smallest absolute Gasteiger partial charge is 0.0991 e. The highest BCUT2D eigenvalue weighted by Crippen LogP contribution is 2.37. The maximum Gasteiger partial charge on any atom is 0.0991 e. The average Bonchev–Trinajstić information content (AvgIpc) is 2.48. The van der Waals surface area contributed by atoms with Gasteiger partial charge in [-0.3, -0.25) is 0 Å². The minimum atomic E-state index is 0.640. The highest BCUT2D eigenvalue weighted by atomic mass is 19.1. The second-order valence-electron chi connectivity index (χ2n) is 5.39. The number of allylic oxidation sites excluding steroid dienone is 1. The van der Waals surface area contributed by atoms with Crippen LogP contribution in [0.3, 0.4) is 0 Å². The molecule has 0 aromatic heterocycles. The number of nitriles is 1. The van der Waals surface area contributed by atoms with E-state index in [4.69, 9.17) is 5.26 Å². The van der Waals surface area contributed by atoms with E-state index >= 15 is 0 Å². The molecule has 0 spiro atoms. The number of halogens is 1. The van der Waals surface area contributed by atoms with Gasteiger partial charge in [0.15, 0.2) is 0 Å². The Balaban J connectivity index is 1.83. The Morgan fingerprint density at radius 1 is 1.16 bits per heavy atom. The van der Waals surface area contributed by atoms with Gasteiger partial charge in [-0.25, -0.2) is 4.39 Å². The van der Waals surface area contributed by atoms with Gasteiger partial charge in [0.1, 0.15) is 0 Å². The fourth-order valence-corrected chi connectivity index (χ4v) is 3.01. The van der Waals surface area contributed by atoms with E-state index < -0.39 is 0 Å². The summed E-state index contributed by atoms with van der Waals surface area (Å²) < 4.78 is 11.9. The monoisotopic (exact) mass is 257 g/mol. The van der Waals surface area contributed by atoms with Gasteiger partial charge in [-0.2, -0.15) is 5.26 Å². The van der Waals surface area contributed by atoms with Crippen LogP contribution in [0.2, 0.25) is 0 Å². The van der Waals surface area contributed by atoms with Crippen LogP contribution in [0.1, 0.15) is 55.6 Å². The summed E-state index contributed by atoms with van der Waals surface area (Å²) in [6.07, 6.45) is 9.17. The molecule has 0 N–H and O–H groups in total. The third kappa shape index (κ3) is 3.92. The van der Waals surface area contributed by atoms with Crippen molar-refractivity contribution in [3.63, 3.8) is 0 Å². The standard InChI is InChI=1S/C17H20FN/c18-12-2-1-3-14-4-8-16(9-5-14)17-10-6-15(13-19)7-11-17/h2,6-7,10-12,14,16H,1,3-5,8-9H2. The molecule has 1 aliphatic carbocycles. The molecule has 100 valence electrons. The van der Waals surface area contributed by atoms with Crippen molar-refractivity contribution < 1.29 is 4.39 Å². The number of rotatable bonds is 4. The van der Waals surface area contributed by atoms with Gasteiger partial charge >= 0.3 is 0 Å². The zero-order chi connectivity index (χ0) is 13.5. The van der Waals surface area contributed by atoms with Gasteiger partial charge in [0.25, 0.3) is 0 Å². The highest BCUT2D eigenvalue weighted by molar-refractivity contribution is 5.33. The van der Waals surface area contributed by atoms with E-state index in [1.807, 2.05) is 12.1 Å². The van der Waals surface area contributed by atoms with Crippen molar-refractivity contribution in [3.05, 3.63) is 47.8 Å². The van der Waals surface area contributed by atoms with Crippen LogP contribution in [0.25, 0.3) is 0 Å². The lowest BCUT2D eigenvalue weighted by atomic mass is 9.77. The van der Waals surface area contributed by atoms with Crippen LogP contribution in [0.5, 0.6) is 0 Å². The predicted octanol–water partition coefficient (Wildman–Crippen LogP) is 5.10. The van der Waals surface area contributed by atoms with E-state index in [1.165, 1.54) is 31.2 Å². The Morgan fingerprint density at radius 2 is 1.84 bits per heavy atom. The summed E-state index contributed by atoms with van der Waals surface area (Å²) in [6, 6.07) is 10.2. The maximum atomic E-state index is 11.9. The third-order valence-electron chi connectivity index (χ3n) is 4.19. The van der Waals surface area contributed by atoms with E-state index in [-0.39, 0.29) is 0 Å². The molecule has 0 heterocycles. The summed E-state index contributed by atoms with van der Waals surface area (Å²) >= 11 is 0. The molecule has 0 radical (unpaired) electrons. The van der Waals surface area contributed by atoms with Crippen molar-refractivity contribution in [1.29, 1.82) is 5.26 Å². The Hall–Kier alpha value is -1.62. The summed E-state index contributed by atoms with van der Waals surface area (Å²) in [7, 11) is 0. The molecule has 2 heteroatoms. The zero-order valence-electron chi connectivity index (χ0n) is 11.2. The van der Waals surface area contributed by atoms with Gasteiger partial charge in [-0.1, -0.05) is 18.2 Å². The normalized spacial score (nSPS) is 23.4. The largest absolute Gasteiger partial charge is 0.216 e. The van der Waals surface area contributed by atoms with Gasteiger partial charge in [0.05, 0.1) is 18.0 Å². The predicted molar refractivity (Wildman–Crippen MR) is 75.3 cm³/mol. The van der Waals surface area contributed by atoms with Crippen molar-refractivity contribution in [2.45, 2.75) is 44.4 Å². The van der Waals surface area contributed by atoms with E-state index in [2.05, 4.69) is 18.2 Å². The number of nitrogens with zero attached hydrogens (tertiary/aromatic N) is 1. The summed E-state index contributed by atoms with van der Waals surface area (Å²) in [5, 5.41) is 8.79. The first-order chi connectivity index (χ1) is 9.33. The molecular formula is C17H20FN. The number of benzene rings is 1. The molecule has 0 saturated heterocycles. The van der Waals surface area contributed by atoms with Gasteiger partial charge in [0.2, 0.25) is 0 Å². The Labute approximate surface area is 114 Å². The number of hydrogen-bond acceptors (Lipinski definition) is 1. The van der Waals surface area contributed by atoms with E-state index in [1.54, 1.807) is 6.08 Å². The lowest BCUT2D eigenvalue weighted by Gasteiger charge is -2.28. The third-order valence-corrected chi connectivity index (χ3v) is 4.19. The molecule has 0 atom stereocenters. The van der Waals surface area contributed by atoms with E-state index in [0.29, 0.717) is 12.2 Å². The average molecular weight is 257 g/mol. The lowest BCUT2D eigenvalue weighted by Crippen LogP contribution is -2.13. The quantitative estimate of drug-likeness (QED) is 0.736. The molecule has 0 bridgehead atoms. The molecule has 1 aromatic carbocycles. The fourth-order valence-electron chi connectivity index (χ4n) is 3.01. The first-order valence-electron chi connectivity index (χ1n) is 7.08. The summed E-state index contributed by atoms with van der Waals surface area (Å²) in [5.41, 5.74) is 2.09. The van der Waals surface area contributed by atoms with Gasteiger partial charge in [-0.05, 0) is 68.1 Å². The van der Waals surface area contributed by atoms with Crippen LogP contribution in [-0.4, -0.2) is 0 Å². The zero-order valence-corrected chi connectivity index (χ0v) is 11.2. The van der Waals surface area contributed by atoms with Crippen molar-refractivity contribution in [3.8, 4) is 6.07 Å². The molecule has 1 fully saturated rings. The van der Waals surface area contributed by atoms with Crippen LogP contribution < -0.4 is 0 Å². The highest BCUT2D eigenvalue weighted by Gasteiger charge is 2.21. The van der Waals surface area contributed by atoms with Gasteiger partial charge in [-0.15, -0.1) is 0 Å². The van der Waals surface area contributed by atoms with Crippen LogP contribution >= 0.6 is 0 Å². The van der Waals surface area contributed by atoms with Crippen LogP contribution in [0, 0.1) is 17.2 Å². The van der Waals surface area contributed by atoms with Crippen LogP contribution in [0.15, 0.2) is 36.7 Å². The molecule has 1 saturated carbocycles. The molecule has 0 unspecified atom stereocenters. The number of hydrogen-bond donors (Lipinski definition) is 0. The van der Waals surface area contributed by atoms with Crippen molar-refractivity contribution >= 4 is 0 Å². The molecule has 19 heavy (non-hydrogen) atoms. The van der Waals surface area contributed by atoms with Gasteiger partial charge in [0, 0.05) is 0 Å². The molecule has 0 aliphatic heterocycles. The first-order valence-corrected chi connectivity index (χ1v) is 7.08. The molecule has 1 aromatic rings. The molecular weight excluding hydrogens is 237 g/mol. The van der Waals surface area contributed by atoms with Crippen molar-refractivity contribution in [2.75, 3.05) is 0 Å². The van der Waals surface area contributed by atoms with Crippen molar-refractivity contribution in [1.82, 2.24) is 0 Å². The SMILES string of the molecule is N#Cc1ccc(C2CCC(CCC=CF)CC2)cc1. The molecule has 1 nitrogen and oxygen atoms in total. The summed E-state index contributed by atoms with van der Waals surface area (Å²) in [4.78, 5) is 0. The Morgan fingerprint density at radius 3 is 2.42 bits per heavy atom. The second kappa shape index (κ2) is 7.09. The van der Waals surface area contributed by atoms with E-state index in [0.717, 1.165) is 24.3 Å².